The normalized spacial score (nSPS) is 15.7. The van der Waals surface area contributed by atoms with Crippen LogP contribution in [0.1, 0.15) is 28.8 Å². The highest BCUT2D eigenvalue weighted by atomic mass is 32.2. The minimum Gasteiger partial charge on any atom is -0.472 e. The molecule has 0 unspecified atom stereocenters. The summed E-state index contributed by atoms with van der Waals surface area (Å²) >= 11 is 0. The highest BCUT2D eigenvalue weighted by Gasteiger charge is 2.29. The van der Waals surface area contributed by atoms with Gasteiger partial charge in [-0.2, -0.15) is 0 Å². The van der Waals surface area contributed by atoms with Crippen molar-refractivity contribution in [3.8, 4) is 0 Å². The first kappa shape index (κ1) is 19.1. The standard InChI is InChI=1S/C17H19N3O6S/c1-12-2-3-15(20(22)23)10-16(12)27(24,25)18-14-4-7-19(8-5-14)17(21)13-6-9-26-11-13/h2-3,6,9-11,14,18H,4-5,7-8H2,1H3. The van der Waals surface area contributed by atoms with Crippen LogP contribution in [0, 0.1) is 17.0 Å². The number of benzene rings is 1. The van der Waals surface area contributed by atoms with Gasteiger partial charge in [-0.1, -0.05) is 6.07 Å². The van der Waals surface area contributed by atoms with Crippen LogP contribution in [-0.2, 0) is 10.0 Å². The number of carbonyl (C=O) groups is 1. The molecule has 0 aliphatic carbocycles. The van der Waals surface area contributed by atoms with Crippen molar-refractivity contribution < 1.29 is 22.6 Å². The number of nitro benzene ring substituents is 1. The molecule has 0 radical (unpaired) electrons. The summed E-state index contributed by atoms with van der Waals surface area (Å²) in [6.45, 7) is 2.40. The number of piperidine rings is 1. The van der Waals surface area contributed by atoms with Crippen LogP contribution in [0.4, 0.5) is 5.69 Å². The molecule has 9 nitrogen and oxygen atoms in total. The van der Waals surface area contributed by atoms with Crippen molar-refractivity contribution in [1.82, 2.24) is 9.62 Å². The number of likely N-dealkylation sites (tertiary alicyclic amines) is 1. The van der Waals surface area contributed by atoms with E-state index in [0.29, 0.717) is 37.1 Å². The highest BCUT2D eigenvalue weighted by Crippen LogP contribution is 2.23. The Bertz CT molecular complexity index is 947. The summed E-state index contributed by atoms with van der Waals surface area (Å²) in [5, 5.41) is 10.9. The van der Waals surface area contributed by atoms with Gasteiger partial charge in [0.2, 0.25) is 10.0 Å². The van der Waals surface area contributed by atoms with Crippen molar-refractivity contribution in [2.45, 2.75) is 30.7 Å². The molecular weight excluding hydrogens is 374 g/mol. The number of rotatable bonds is 5. The highest BCUT2D eigenvalue weighted by molar-refractivity contribution is 7.89. The van der Waals surface area contributed by atoms with E-state index in [2.05, 4.69) is 4.72 Å². The number of sulfonamides is 1. The number of non-ortho nitro benzene ring substituents is 1. The van der Waals surface area contributed by atoms with Gasteiger partial charge in [0.1, 0.15) is 6.26 Å². The van der Waals surface area contributed by atoms with E-state index in [1.807, 2.05) is 0 Å². The fourth-order valence-corrected chi connectivity index (χ4v) is 4.61. The molecule has 1 saturated heterocycles. The Hall–Kier alpha value is -2.72. The van der Waals surface area contributed by atoms with E-state index >= 15 is 0 Å². The van der Waals surface area contributed by atoms with Gasteiger partial charge in [-0.05, 0) is 31.4 Å². The third-order valence-corrected chi connectivity index (χ3v) is 6.21. The maximum absolute atomic E-state index is 12.7. The molecule has 1 aliphatic heterocycles. The van der Waals surface area contributed by atoms with E-state index < -0.39 is 14.9 Å². The van der Waals surface area contributed by atoms with E-state index in [0.717, 1.165) is 6.07 Å². The molecule has 1 fully saturated rings. The second-order valence-corrected chi connectivity index (χ2v) is 8.09. The zero-order valence-corrected chi connectivity index (χ0v) is 15.4. The number of hydrogen-bond donors (Lipinski definition) is 1. The minimum absolute atomic E-state index is 0.103. The van der Waals surface area contributed by atoms with Gasteiger partial charge in [0.05, 0.1) is 21.6 Å². The number of amides is 1. The monoisotopic (exact) mass is 393 g/mol. The smallest absolute Gasteiger partial charge is 0.270 e. The first-order chi connectivity index (χ1) is 12.8. The second kappa shape index (κ2) is 7.49. The van der Waals surface area contributed by atoms with Crippen molar-refractivity contribution in [3.63, 3.8) is 0 Å². The Kier molecular flexibility index (Phi) is 5.29. The predicted molar refractivity (Wildman–Crippen MR) is 95.8 cm³/mol. The van der Waals surface area contributed by atoms with Crippen LogP contribution < -0.4 is 4.72 Å². The van der Waals surface area contributed by atoms with Crippen molar-refractivity contribution in [1.29, 1.82) is 0 Å². The van der Waals surface area contributed by atoms with Gasteiger partial charge in [0.25, 0.3) is 11.6 Å². The number of nitro groups is 1. The topological polar surface area (TPSA) is 123 Å². The van der Waals surface area contributed by atoms with Crippen molar-refractivity contribution in [2.24, 2.45) is 0 Å². The lowest BCUT2D eigenvalue weighted by atomic mass is 10.1. The maximum Gasteiger partial charge on any atom is 0.270 e. The summed E-state index contributed by atoms with van der Waals surface area (Å²) in [6, 6.07) is 4.99. The maximum atomic E-state index is 12.7. The summed E-state index contributed by atoms with van der Waals surface area (Å²) in [7, 11) is -3.90. The Morgan fingerprint density at radius 3 is 2.59 bits per heavy atom. The fraction of sp³-hybridized carbons (Fsp3) is 0.353. The van der Waals surface area contributed by atoms with Gasteiger partial charge in [-0.3, -0.25) is 14.9 Å². The molecule has 3 rings (SSSR count). The van der Waals surface area contributed by atoms with E-state index in [-0.39, 0.29) is 22.5 Å². The lowest BCUT2D eigenvalue weighted by molar-refractivity contribution is -0.385. The molecule has 2 aromatic rings. The van der Waals surface area contributed by atoms with Crippen molar-refractivity contribution >= 4 is 21.6 Å². The zero-order chi connectivity index (χ0) is 19.6. The first-order valence-electron chi connectivity index (χ1n) is 8.37. The molecule has 27 heavy (non-hydrogen) atoms. The van der Waals surface area contributed by atoms with Crippen LogP contribution in [0.3, 0.4) is 0 Å². The number of aryl methyl sites for hydroxylation is 1. The Balaban J connectivity index is 1.67. The van der Waals surface area contributed by atoms with Gasteiger partial charge in [0.15, 0.2) is 0 Å². The van der Waals surface area contributed by atoms with Crippen LogP contribution in [0.15, 0.2) is 46.1 Å². The van der Waals surface area contributed by atoms with Crippen LogP contribution in [0.25, 0.3) is 0 Å². The van der Waals surface area contributed by atoms with E-state index in [1.54, 1.807) is 17.9 Å². The number of nitrogens with one attached hydrogen (secondary N) is 1. The molecule has 0 atom stereocenters. The number of hydrogen-bond acceptors (Lipinski definition) is 6. The SMILES string of the molecule is Cc1ccc([N+](=O)[O-])cc1S(=O)(=O)NC1CCN(C(=O)c2ccoc2)CC1. The molecule has 0 spiro atoms. The molecule has 1 N–H and O–H groups in total. The molecule has 1 aromatic heterocycles. The van der Waals surface area contributed by atoms with Crippen molar-refractivity contribution in [3.05, 3.63) is 58.0 Å². The Labute approximate surface area is 156 Å². The number of nitrogens with zero attached hydrogens (tertiary/aromatic N) is 2. The largest absolute Gasteiger partial charge is 0.472 e. The van der Waals surface area contributed by atoms with Gasteiger partial charge in [-0.25, -0.2) is 13.1 Å². The quantitative estimate of drug-likeness (QED) is 0.613. The molecule has 1 aromatic carbocycles. The summed E-state index contributed by atoms with van der Waals surface area (Å²) in [4.78, 5) is 24.1. The fourth-order valence-electron chi connectivity index (χ4n) is 3.04. The Morgan fingerprint density at radius 1 is 1.30 bits per heavy atom. The molecule has 144 valence electrons. The number of furan rings is 1. The molecule has 0 bridgehead atoms. The molecule has 2 heterocycles. The molecule has 1 aliphatic rings. The van der Waals surface area contributed by atoms with Gasteiger partial charge >= 0.3 is 0 Å². The average molecular weight is 393 g/mol. The van der Waals surface area contributed by atoms with E-state index in [4.69, 9.17) is 4.42 Å². The van der Waals surface area contributed by atoms with Crippen molar-refractivity contribution in [2.75, 3.05) is 13.1 Å². The predicted octanol–water partition coefficient (Wildman–Crippen LogP) is 2.08. The van der Waals surface area contributed by atoms with Crippen LogP contribution in [0.5, 0.6) is 0 Å². The van der Waals surface area contributed by atoms with Gasteiger partial charge < -0.3 is 9.32 Å². The molecular formula is C17H19N3O6S. The molecule has 0 saturated carbocycles. The van der Waals surface area contributed by atoms with Crippen LogP contribution in [-0.4, -0.2) is 43.3 Å². The van der Waals surface area contributed by atoms with Gasteiger partial charge in [-0.15, -0.1) is 0 Å². The summed E-state index contributed by atoms with van der Waals surface area (Å²) in [5.41, 5.74) is 0.614. The van der Waals surface area contributed by atoms with Crippen LogP contribution >= 0.6 is 0 Å². The van der Waals surface area contributed by atoms with E-state index in [1.165, 1.54) is 24.7 Å². The van der Waals surface area contributed by atoms with E-state index in [9.17, 15) is 23.3 Å². The lowest BCUT2D eigenvalue weighted by Crippen LogP contribution is -2.46. The number of carbonyl (C=O) groups excluding carboxylic acids is 1. The lowest BCUT2D eigenvalue weighted by Gasteiger charge is -2.32. The minimum atomic E-state index is -3.90. The molecule has 1 amide bonds. The Morgan fingerprint density at radius 2 is 2.00 bits per heavy atom. The average Bonchev–Trinajstić information content (AvgIpc) is 3.16. The molecule has 10 heteroatoms. The third-order valence-electron chi connectivity index (χ3n) is 4.54. The summed E-state index contributed by atoms with van der Waals surface area (Å²) in [5.74, 6) is -0.153. The van der Waals surface area contributed by atoms with Crippen LogP contribution in [0.2, 0.25) is 0 Å². The first-order valence-corrected chi connectivity index (χ1v) is 9.85. The summed E-state index contributed by atoms with van der Waals surface area (Å²) in [6.07, 6.45) is 3.71. The summed E-state index contributed by atoms with van der Waals surface area (Å²) < 4.78 is 32.9. The zero-order valence-electron chi connectivity index (χ0n) is 14.6. The van der Waals surface area contributed by atoms with Gasteiger partial charge in [0, 0.05) is 31.3 Å². The third kappa shape index (κ3) is 4.17. The second-order valence-electron chi connectivity index (χ2n) is 6.41.